The Morgan fingerprint density at radius 1 is 1.71 bits per heavy atom. The van der Waals surface area contributed by atoms with Crippen LogP contribution in [0.2, 0.25) is 5.02 Å². The Morgan fingerprint density at radius 3 is 2.82 bits per heavy atom. The fraction of sp³-hybridized carbons (Fsp3) is 0.500. The lowest BCUT2D eigenvalue weighted by atomic mass is 10.4. The van der Waals surface area contributed by atoms with Gasteiger partial charge in [0.05, 0.1) is 15.7 Å². The summed E-state index contributed by atoms with van der Waals surface area (Å²) < 4.78 is 1.53. The molecule has 1 heterocycles. The standard InChI is InChI=1S/C10H15ClN4OS/c1-7-8(11)5-15(13-7)6-10(16)14(2)4-3-9(12)17/h5H,3-4,6H2,1-2H3,(H2,12,17). The summed E-state index contributed by atoms with van der Waals surface area (Å²) in [4.78, 5) is 13.8. The van der Waals surface area contributed by atoms with Crippen molar-refractivity contribution < 1.29 is 4.79 Å². The van der Waals surface area contributed by atoms with Gasteiger partial charge in [0, 0.05) is 26.2 Å². The molecule has 0 aromatic carbocycles. The topological polar surface area (TPSA) is 64.2 Å². The minimum absolute atomic E-state index is 0.0552. The zero-order valence-electron chi connectivity index (χ0n) is 9.81. The van der Waals surface area contributed by atoms with E-state index >= 15 is 0 Å². The average molecular weight is 275 g/mol. The molecule has 0 radical (unpaired) electrons. The van der Waals surface area contributed by atoms with E-state index in [-0.39, 0.29) is 12.5 Å². The fourth-order valence-corrected chi connectivity index (χ4v) is 1.48. The van der Waals surface area contributed by atoms with Crippen LogP contribution in [0.3, 0.4) is 0 Å². The van der Waals surface area contributed by atoms with E-state index in [0.29, 0.717) is 28.7 Å². The zero-order chi connectivity index (χ0) is 13.0. The molecule has 2 N–H and O–H groups in total. The summed E-state index contributed by atoms with van der Waals surface area (Å²) >= 11 is 10.6. The lowest BCUT2D eigenvalue weighted by Crippen LogP contribution is -2.32. The van der Waals surface area contributed by atoms with Crippen molar-refractivity contribution in [1.29, 1.82) is 0 Å². The average Bonchev–Trinajstić information content (AvgIpc) is 2.54. The summed E-state index contributed by atoms with van der Waals surface area (Å²) in [5.74, 6) is -0.0552. The third kappa shape index (κ3) is 4.32. The number of amides is 1. The summed E-state index contributed by atoms with van der Waals surface area (Å²) in [7, 11) is 1.71. The molecule has 1 amide bonds. The molecule has 0 spiro atoms. The number of carbonyl (C=O) groups excluding carboxylic acids is 1. The molecule has 1 aromatic heterocycles. The molecule has 1 aromatic rings. The molecule has 0 saturated carbocycles. The van der Waals surface area contributed by atoms with E-state index in [4.69, 9.17) is 29.6 Å². The van der Waals surface area contributed by atoms with Gasteiger partial charge < -0.3 is 10.6 Å². The predicted molar refractivity (Wildman–Crippen MR) is 71.0 cm³/mol. The predicted octanol–water partition coefficient (Wildman–Crippen LogP) is 0.980. The number of nitrogens with two attached hydrogens (primary N) is 1. The summed E-state index contributed by atoms with van der Waals surface area (Å²) in [5, 5.41) is 4.67. The maximum atomic E-state index is 11.8. The monoisotopic (exact) mass is 274 g/mol. The van der Waals surface area contributed by atoms with Crippen LogP contribution in [0, 0.1) is 6.92 Å². The Morgan fingerprint density at radius 2 is 2.35 bits per heavy atom. The second kappa shape index (κ2) is 5.97. The molecule has 0 aliphatic heterocycles. The van der Waals surface area contributed by atoms with Gasteiger partial charge in [0.1, 0.15) is 6.54 Å². The van der Waals surface area contributed by atoms with Crippen molar-refractivity contribution in [2.75, 3.05) is 13.6 Å². The van der Waals surface area contributed by atoms with E-state index in [2.05, 4.69) is 5.10 Å². The molecule has 94 valence electrons. The molecule has 7 heteroatoms. The molecular weight excluding hydrogens is 260 g/mol. The van der Waals surface area contributed by atoms with Crippen LogP contribution < -0.4 is 5.73 Å². The number of thiocarbonyl (C=S) groups is 1. The van der Waals surface area contributed by atoms with Crippen molar-refractivity contribution in [3.8, 4) is 0 Å². The highest BCUT2D eigenvalue weighted by Gasteiger charge is 2.11. The SMILES string of the molecule is Cc1nn(CC(=O)N(C)CCC(N)=S)cc1Cl. The second-order valence-electron chi connectivity index (χ2n) is 3.79. The van der Waals surface area contributed by atoms with Crippen LogP contribution in [0.4, 0.5) is 0 Å². The first-order chi connectivity index (χ1) is 7.90. The first kappa shape index (κ1) is 13.9. The van der Waals surface area contributed by atoms with E-state index in [1.807, 2.05) is 0 Å². The van der Waals surface area contributed by atoms with Crippen molar-refractivity contribution in [2.24, 2.45) is 5.73 Å². The summed E-state index contributed by atoms with van der Waals surface area (Å²) in [6, 6.07) is 0. The largest absolute Gasteiger partial charge is 0.393 e. The zero-order valence-corrected chi connectivity index (χ0v) is 11.4. The van der Waals surface area contributed by atoms with Crippen LogP contribution in [0.5, 0.6) is 0 Å². The number of aryl methyl sites for hydroxylation is 1. The Kier molecular flexibility index (Phi) is 4.89. The van der Waals surface area contributed by atoms with Gasteiger partial charge in [-0.05, 0) is 6.92 Å². The van der Waals surface area contributed by atoms with E-state index in [0.717, 1.165) is 0 Å². The van der Waals surface area contributed by atoms with E-state index in [1.54, 1.807) is 25.1 Å². The molecule has 0 bridgehead atoms. The smallest absolute Gasteiger partial charge is 0.244 e. The van der Waals surface area contributed by atoms with E-state index in [9.17, 15) is 4.79 Å². The number of carbonyl (C=O) groups is 1. The summed E-state index contributed by atoms with van der Waals surface area (Å²) in [5.41, 5.74) is 6.09. The minimum atomic E-state index is -0.0552. The Hall–Kier alpha value is -1.14. The number of hydrogen-bond acceptors (Lipinski definition) is 3. The van der Waals surface area contributed by atoms with Gasteiger partial charge >= 0.3 is 0 Å². The van der Waals surface area contributed by atoms with Crippen LogP contribution in [-0.4, -0.2) is 39.2 Å². The number of nitrogens with zero attached hydrogens (tertiary/aromatic N) is 3. The van der Waals surface area contributed by atoms with Gasteiger partial charge in [-0.1, -0.05) is 23.8 Å². The summed E-state index contributed by atoms with van der Waals surface area (Å²) in [6.07, 6.45) is 2.16. The Balaban J connectivity index is 2.51. The minimum Gasteiger partial charge on any atom is -0.393 e. The maximum Gasteiger partial charge on any atom is 0.244 e. The van der Waals surface area contributed by atoms with Gasteiger partial charge in [-0.15, -0.1) is 0 Å². The van der Waals surface area contributed by atoms with Gasteiger partial charge in [0.15, 0.2) is 0 Å². The van der Waals surface area contributed by atoms with Crippen LogP contribution >= 0.6 is 23.8 Å². The lowest BCUT2D eigenvalue weighted by molar-refractivity contribution is -0.130. The first-order valence-electron chi connectivity index (χ1n) is 5.12. The van der Waals surface area contributed by atoms with Gasteiger partial charge in [-0.25, -0.2) is 0 Å². The van der Waals surface area contributed by atoms with Gasteiger partial charge in [-0.2, -0.15) is 5.10 Å². The lowest BCUT2D eigenvalue weighted by Gasteiger charge is -2.16. The Bertz CT molecular complexity index is 412. The highest BCUT2D eigenvalue weighted by molar-refractivity contribution is 7.80. The van der Waals surface area contributed by atoms with Gasteiger partial charge in [-0.3, -0.25) is 9.48 Å². The Labute approximate surface area is 111 Å². The fourth-order valence-electron chi connectivity index (χ4n) is 1.24. The first-order valence-corrected chi connectivity index (χ1v) is 5.90. The molecule has 1 rings (SSSR count). The van der Waals surface area contributed by atoms with Crippen LogP contribution in [-0.2, 0) is 11.3 Å². The van der Waals surface area contributed by atoms with Crippen molar-refractivity contribution in [2.45, 2.75) is 19.9 Å². The molecule has 0 aliphatic rings. The van der Waals surface area contributed by atoms with E-state index < -0.39 is 0 Å². The quantitative estimate of drug-likeness (QED) is 0.813. The number of aromatic nitrogens is 2. The highest BCUT2D eigenvalue weighted by Crippen LogP contribution is 2.11. The molecule has 0 atom stereocenters. The van der Waals surface area contributed by atoms with Crippen molar-refractivity contribution in [1.82, 2.24) is 14.7 Å². The summed E-state index contributed by atoms with van der Waals surface area (Å²) in [6.45, 7) is 2.48. The second-order valence-corrected chi connectivity index (χ2v) is 4.72. The maximum absolute atomic E-state index is 11.8. The third-order valence-electron chi connectivity index (χ3n) is 2.30. The number of rotatable bonds is 5. The third-order valence-corrected chi connectivity index (χ3v) is 2.88. The number of hydrogen-bond donors (Lipinski definition) is 1. The molecule has 0 unspecified atom stereocenters. The van der Waals surface area contributed by atoms with Gasteiger partial charge in [0.25, 0.3) is 0 Å². The molecule has 17 heavy (non-hydrogen) atoms. The molecule has 0 aliphatic carbocycles. The number of halogens is 1. The molecular formula is C10H15ClN4OS. The van der Waals surface area contributed by atoms with Crippen molar-refractivity contribution >= 4 is 34.7 Å². The normalized spacial score (nSPS) is 10.3. The van der Waals surface area contributed by atoms with Crippen LogP contribution in [0.1, 0.15) is 12.1 Å². The molecule has 5 nitrogen and oxygen atoms in total. The molecule has 0 fully saturated rings. The number of likely N-dealkylation sites (N-methyl/N-ethyl adjacent to an activating group) is 1. The van der Waals surface area contributed by atoms with Gasteiger partial charge in [0.2, 0.25) is 5.91 Å². The van der Waals surface area contributed by atoms with E-state index in [1.165, 1.54) is 4.68 Å². The van der Waals surface area contributed by atoms with Crippen molar-refractivity contribution in [3.05, 3.63) is 16.9 Å². The molecule has 0 saturated heterocycles. The van der Waals surface area contributed by atoms with Crippen LogP contribution in [0.25, 0.3) is 0 Å². The highest BCUT2D eigenvalue weighted by atomic mass is 35.5. The van der Waals surface area contributed by atoms with Crippen molar-refractivity contribution in [3.63, 3.8) is 0 Å². The van der Waals surface area contributed by atoms with Crippen LogP contribution in [0.15, 0.2) is 6.20 Å².